The summed E-state index contributed by atoms with van der Waals surface area (Å²) in [6, 6.07) is 9.74. The predicted octanol–water partition coefficient (Wildman–Crippen LogP) is 4.44. The topological polar surface area (TPSA) is 64.9 Å². The second kappa shape index (κ2) is 5.99. The number of nitrogens with two attached hydrogens (primary N) is 1. The van der Waals surface area contributed by atoms with Crippen LogP contribution in [0.4, 0.5) is 5.69 Å². The summed E-state index contributed by atoms with van der Waals surface area (Å²) in [6.45, 7) is 0. The highest BCUT2D eigenvalue weighted by atomic mass is 79.9. The molecule has 7 heteroatoms. The molecule has 2 N–H and O–H groups in total. The van der Waals surface area contributed by atoms with Gasteiger partial charge >= 0.3 is 0 Å². The van der Waals surface area contributed by atoms with Gasteiger partial charge in [0.15, 0.2) is 5.82 Å². The number of nitrogen functional groups attached to an aromatic ring is 1. The van der Waals surface area contributed by atoms with Crippen LogP contribution in [-0.2, 0) is 5.75 Å². The van der Waals surface area contributed by atoms with Crippen molar-refractivity contribution >= 4 is 44.7 Å². The molecule has 0 saturated carbocycles. The third kappa shape index (κ3) is 3.05. The summed E-state index contributed by atoms with van der Waals surface area (Å²) in [4.78, 5) is 6.37. The van der Waals surface area contributed by atoms with E-state index in [9.17, 15) is 0 Å². The molecule has 0 unspecified atom stereocenters. The average molecular weight is 368 g/mol. The van der Waals surface area contributed by atoms with Crippen LogP contribution in [0.2, 0.25) is 0 Å². The summed E-state index contributed by atoms with van der Waals surface area (Å²) >= 11 is 6.56. The predicted molar refractivity (Wildman–Crippen MR) is 85.7 cm³/mol. The second-order valence-electron chi connectivity index (χ2n) is 3.96. The molecule has 0 spiro atoms. The van der Waals surface area contributed by atoms with E-state index in [-0.39, 0.29) is 0 Å². The zero-order valence-electron chi connectivity index (χ0n) is 10.2. The summed E-state index contributed by atoms with van der Waals surface area (Å²) in [6.07, 6.45) is 0. The third-order valence-corrected chi connectivity index (χ3v) is 4.97. The Kier molecular flexibility index (Phi) is 4.09. The van der Waals surface area contributed by atoms with Crippen LogP contribution in [0.15, 0.2) is 49.6 Å². The normalized spacial score (nSPS) is 10.8. The van der Waals surface area contributed by atoms with Gasteiger partial charge in [-0.3, -0.25) is 0 Å². The smallest absolute Gasteiger partial charge is 0.268 e. The van der Waals surface area contributed by atoms with Crippen LogP contribution in [0.5, 0.6) is 0 Å². The molecular formula is C13H10BrN3OS2. The summed E-state index contributed by atoms with van der Waals surface area (Å²) in [5.74, 6) is 1.86. The monoisotopic (exact) mass is 367 g/mol. The Labute approximate surface area is 132 Å². The van der Waals surface area contributed by atoms with E-state index in [1.54, 1.807) is 23.1 Å². The molecule has 0 bridgehead atoms. The average Bonchev–Trinajstić information content (AvgIpc) is 3.08. The molecule has 0 aliphatic heterocycles. The van der Waals surface area contributed by atoms with Crippen molar-refractivity contribution in [3.63, 3.8) is 0 Å². The third-order valence-electron chi connectivity index (χ3n) is 2.53. The van der Waals surface area contributed by atoms with Crippen molar-refractivity contribution in [3.05, 3.63) is 46.0 Å². The van der Waals surface area contributed by atoms with E-state index in [1.807, 2.05) is 35.7 Å². The minimum absolute atomic E-state index is 0.569. The molecule has 20 heavy (non-hydrogen) atoms. The quantitative estimate of drug-likeness (QED) is 0.545. The minimum Gasteiger partial charge on any atom is -0.398 e. The van der Waals surface area contributed by atoms with Crippen LogP contribution < -0.4 is 5.73 Å². The van der Waals surface area contributed by atoms with Crippen LogP contribution in [-0.4, -0.2) is 10.1 Å². The second-order valence-corrected chi connectivity index (χ2v) is 6.84. The van der Waals surface area contributed by atoms with Crippen molar-refractivity contribution in [2.45, 2.75) is 10.6 Å². The number of aromatic nitrogens is 2. The van der Waals surface area contributed by atoms with Crippen molar-refractivity contribution in [2.75, 3.05) is 5.73 Å². The van der Waals surface area contributed by atoms with Gasteiger partial charge in [-0.25, -0.2) is 0 Å². The van der Waals surface area contributed by atoms with Crippen LogP contribution in [0.25, 0.3) is 10.8 Å². The summed E-state index contributed by atoms with van der Waals surface area (Å²) < 4.78 is 6.22. The molecule has 4 nitrogen and oxygen atoms in total. The van der Waals surface area contributed by atoms with E-state index in [0.29, 0.717) is 17.5 Å². The Balaban J connectivity index is 1.70. The molecule has 0 fully saturated rings. The number of hydrogen-bond donors (Lipinski definition) is 1. The Morgan fingerprint density at radius 3 is 3.00 bits per heavy atom. The van der Waals surface area contributed by atoms with Crippen molar-refractivity contribution < 1.29 is 4.52 Å². The molecule has 0 amide bonds. The zero-order valence-corrected chi connectivity index (χ0v) is 13.5. The zero-order chi connectivity index (χ0) is 13.9. The van der Waals surface area contributed by atoms with E-state index in [1.165, 1.54) is 0 Å². The maximum absolute atomic E-state index is 5.95. The first-order chi connectivity index (χ1) is 9.72. The van der Waals surface area contributed by atoms with E-state index in [2.05, 4.69) is 26.1 Å². The Bertz CT molecular complexity index is 712. The van der Waals surface area contributed by atoms with Crippen molar-refractivity contribution in [1.29, 1.82) is 0 Å². The lowest BCUT2D eigenvalue weighted by Crippen LogP contribution is -1.90. The van der Waals surface area contributed by atoms with E-state index >= 15 is 0 Å². The van der Waals surface area contributed by atoms with Gasteiger partial charge in [0.2, 0.25) is 0 Å². The van der Waals surface area contributed by atoms with Crippen molar-refractivity contribution in [3.8, 4) is 10.8 Å². The number of rotatable bonds is 4. The van der Waals surface area contributed by atoms with Crippen LogP contribution >= 0.6 is 39.0 Å². The van der Waals surface area contributed by atoms with Gasteiger partial charge in [-0.1, -0.05) is 27.2 Å². The van der Waals surface area contributed by atoms with Gasteiger partial charge in [-0.05, 0) is 29.6 Å². The molecular weight excluding hydrogens is 358 g/mol. The molecule has 0 radical (unpaired) electrons. The van der Waals surface area contributed by atoms with Crippen molar-refractivity contribution in [1.82, 2.24) is 10.1 Å². The highest BCUT2D eigenvalue weighted by molar-refractivity contribution is 9.10. The number of halogens is 1. The molecule has 3 aromatic rings. The van der Waals surface area contributed by atoms with Gasteiger partial charge in [0.05, 0.1) is 10.6 Å². The number of thiophene rings is 1. The van der Waals surface area contributed by atoms with Crippen LogP contribution in [0.1, 0.15) is 5.82 Å². The molecule has 2 aromatic heterocycles. The summed E-state index contributed by atoms with van der Waals surface area (Å²) in [5.41, 5.74) is 6.70. The highest BCUT2D eigenvalue weighted by Gasteiger charge is 2.10. The number of benzene rings is 1. The van der Waals surface area contributed by atoms with E-state index < -0.39 is 0 Å². The Morgan fingerprint density at radius 1 is 1.35 bits per heavy atom. The SMILES string of the molecule is Nc1cc(Br)ccc1SCc1noc(-c2cccs2)n1. The molecule has 0 atom stereocenters. The molecule has 0 aliphatic carbocycles. The lowest BCUT2D eigenvalue weighted by molar-refractivity contribution is 0.426. The Hall–Kier alpha value is -1.31. The maximum atomic E-state index is 5.95. The summed E-state index contributed by atoms with van der Waals surface area (Å²) in [7, 11) is 0. The molecule has 3 rings (SSSR count). The molecule has 102 valence electrons. The van der Waals surface area contributed by atoms with E-state index in [4.69, 9.17) is 10.3 Å². The minimum atomic E-state index is 0.569. The molecule has 0 saturated heterocycles. The van der Waals surface area contributed by atoms with E-state index in [0.717, 1.165) is 19.9 Å². The Morgan fingerprint density at radius 2 is 2.25 bits per heavy atom. The highest BCUT2D eigenvalue weighted by Crippen LogP contribution is 2.30. The number of hydrogen-bond acceptors (Lipinski definition) is 6. The van der Waals surface area contributed by atoms with Gasteiger partial charge < -0.3 is 10.3 Å². The van der Waals surface area contributed by atoms with Crippen molar-refractivity contribution in [2.24, 2.45) is 0 Å². The van der Waals surface area contributed by atoms with Crippen LogP contribution in [0, 0.1) is 0 Å². The maximum Gasteiger partial charge on any atom is 0.268 e. The molecule has 0 aliphatic rings. The lowest BCUT2D eigenvalue weighted by Gasteiger charge is -2.03. The standard InChI is InChI=1S/C13H10BrN3OS2/c14-8-3-4-10(9(15)6-8)20-7-12-16-13(18-17-12)11-2-1-5-19-11/h1-6H,7,15H2. The lowest BCUT2D eigenvalue weighted by atomic mass is 10.3. The van der Waals surface area contributed by atoms with Crippen LogP contribution in [0.3, 0.4) is 0 Å². The first-order valence-electron chi connectivity index (χ1n) is 5.76. The first kappa shape index (κ1) is 13.7. The molecule has 1 aromatic carbocycles. The van der Waals surface area contributed by atoms with Gasteiger partial charge in [-0.2, -0.15) is 4.98 Å². The number of thioether (sulfide) groups is 1. The van der Waals surface area contributed by atoms with Gasteiger partial charge in [0.1, 0.15) is 0 Å². The fourth-order valence-corrected chi connectivity index (χ4v) is 3.42. The fourth-order valence-electron chi connectivity index (χ4n) is 1.61. The largest absolute Gasteiger partial charge is 0.398 e. The number of anilines is 1. The van der Waals surface area contributed by atoms with Gasteiger partial charge in [-0.15, -0.1) is 23.1 Å². The first-order valence-corrected chi connectivity index (χ1v) is 8.42. The summed E-state index contributed by atoms with van der Waals surface area (Å²) in [5, 5.41) is 5.97. The van der Waals surface area contributed by atoms with Gasteiger partial charge in [0.25, 0.3) is 5.89 Å². The fraction of sp³-hybridized carbons (Fsp3) is 0.0769. The number of nitrogens with zero attached hydrogens (tertiary/aromatic N) is 2. The van der Waals surface area contributed by atoms with Gasteiger partial charge in [0, 0.05) is 15.1 Å². The molecule has 2 heterocycles.